The number of aromatic nitrogens is 1. The largest absolute Gasteiger partial charge is 0.366 e. The number of hydrogen-bond donors (Lipinski definition) is 2. The van der Waals surface area contributed by atoms with Gasteiger partial charge in [-0.1, -0.05) is 0 Å². The molecule has 1 saturated heterocycles. The molecule has 0 saturated carbocycles. The minimum absolute atomic E-state index is 0. The molecule has 0 spiro atoms. The average molecular weight is 322 g/mol. The first-order valence-corrected chi connectivity index (χ1v) is 6.14. The SMILES string of the molecule is Cl.Cl.NCCN1CCN(c2ccc(C(N)=O)cn2)CC1. The number of hydrogen-bond acceptors (Lipinski definition) is 5. The lowest BCUT2D eigenvalue weighted by atomic mass is 10.2. The van der Waals surface area contributed by atoms with E-state index in [1.807, 2.05) is 6.07 Å². The zero-order chi connectivity index (χ0) is 13.0. The minimum atomic E-state index is -0.443. The fourth-order valence-electron chi connectivity index (χ4n) is 2.10. The second kappa shape index (κ2) is 8.97. The van der Waals surface area contributed by atoms with Crippen LogP contribution in [0.4, 0.5) is 5.82 Å². The number of carbonyl (C=O) groups excluding carboxylic acids is 1. The van der Waals surface area contributed by atoms with E-state index in [1.165, 1.54) is 6.20 Å². The molecular weight excluding hydrogens is 301 g/mol. The molecule has 0 bridgehead atoms. The molecule has 1 aromatic rings. The van der Waals surface area contributed by atoms with E-state index in [9.17, 15) is 4.79 Å². The Morgan fingerprint density at radius 3 is 2.30 bits per heavy atom. The van der Waals surface area contributed by atoms with Crippen LogP contribution in [0.5, 0.6) is 0 Å². The molecule has 1 aliphatic rings. The molecule has 0 unspecified atom stereocenters. The van der Waals surface area contributed by atoms with E-state index in [4.69, 9.17) is 11.5 Å². The van der Waals surface area contributed by atoms with Gasteiger partial charge in [-0.3, -0.25) is 9.69 Å². The van der Waals surface area contributed by atoms with Crippen molar-refractivity contribution in [3.05, 3.63) is 23.9 Å². The van der Waals surface area contributed by atoms with Gasteiger partial charge < -0.3 is 16.4 Å². The molecule has 0 aliphatic carbocycles. The van der Waals surface area contributed by atoms with Crippen LogP contribution in [0.3, 0.4) is 0 Å². The van der Waals surface area contributed by atoms with E-state index in [2.05, 4.69) is 14.8 Å². The summed E-state index contributed by atoms with van der Waals surface area (Å²) in [7, 11) is 0. The predicted molar refractivity (Wildman–Crippen MR) is 85.0 cm³/mol. The summed E-state index contributed by atoms with van der Waals surface area (Å²) >= 11 is 0. The van der Waals surface area contributed by atoms with E-state index in [0.29, 0.717) is 12.1 Å². The molecule has 1 aliphatic heterocycles. The molecule has 6 nitrogen and oxygen atoms in total. The van der Waals surface area contributed by atoms with Crippen molar-refractivity contribution in [2.24, 2.45) is 11.5 Å². The van der Waals surface area contributed by atoms with Crippen molar-refractivity contribution in [1.82, 2.24) is 9.88 Å². The maximum Gasteiger partial charge on any atom is 0.250 e. The van der Waals surface area contributed by atoms with Crippen LogP contribution in [-0.4, -0.2) is 55.1 Å². The maximum absolute atomic E-state index is 11.0. The molecule has 20 heavy (non-hydrogen) atoms. The Morgan fingerprint density at radius 1 is 1.20 bits per heavy atom. The van der Waals surface area contributed by atoms with Crippen molar-refractivity contribution in [2.45, 2.75) is 0 Å². The molecule has 0 radical (unpaired) electrons. The van der Waals surface area contributed by atoms with Crippen molar-refractivity contribution in [3.63, 3.8) is 0 Å². The van der Waals surface area contributed by atoms with Gasteiger partial charge in [-0.25, -0.2) is 4.98 Å². The second-order valence-electron chi connectivity index (χ2n) is 4.39. The van der Waals surface area contributed by atoms with Gasteiger partial charge >= 0.3 is 0 Å². The Balaban J connectivity index is 0.00000180. The molecule has 0 atom stereocenters. The molecule has 8 heteroatoms. The number of amides is 1. The minimum Gasteiger partial charge on any atom is -0.366 e. The zero-order valence-electron chi connectivity index (χ0n) is 11.2. The van der Waals surface area contributed by atoms with E-state index in [1.54, 1.807) is 6.07 Å². The van der Waals surface area contributed by atoms with Crippen LogP contribution in [0, 0.1) is 0 Å². The summed E-state index contributed by atoms with van der Waals surface area (Å²) in [4.78, 5) is 19.8. The Hall–Kier alpha value is -1.08. The molecular formula is C12H21Cl2N5O. The summed E-state index contributed by atoms with van der Waals surface area (Å²) in [5.74, 6) is 0.453. The molecule has 1 fully saturated rings. The number of piperazine rings is 1. The van der Waals surface area contributed by atoms with Gasteiger partial charge in [0.15, 0.2) is 0 Å². The fraction of sp³-hybridized carbons (Fsp3) is 0.500. The molecule has 0 aromatic carbocycles. The lowest BCUT2D eigenvalue weighted by Gasteiger charge is -2.35. The van der Waals surface area contributed by atoms with Gasteiger partial charge in [0.2, 0.25) is 5.91 Å². The Labute approximate surface area is 131 Å². The highest BCUT2D eigenvalue weighted by molar-refractivity contribution is 5.92. The van der Waals surface area contributed by atoms with Crippen LogP contribution in [0.15, 0.2) is 18.3 Å². The standard InChI is InChI=1S/C12H19N5O.2ClH/c13-3-4-16-5-7-17(8-6-16)11-2-1-10(9-15-11)12(14)18;;/h1-2,9H,3-8,13H2,(H2,14,18);2*1H. The molecule has 114 valence electrons. The molecule has 4 N–H and O–H groups in total. The summed E-state index contributed by atoms with van der Waals surface area (Å²) in [6.45, 7) is 5.51. The molecule has 1 amide bonds. The van der Waals surface area contributed by atoms with E-state index < -0.39 is 5.91 Å². The van der Waals surface area contributed by atoms with E-state index >= 15 is 0 Å². The van der Waals surface area contributed by atoms with Crippen LogP contribution in [-0.2, 0) is 0 Å². The number of pyridine rings is 1. The number of anilines is 1. The Kier molecular flexibility index (Phi) is 8.48. The Morgan fingerprint density at radius 2 is 1.85 bits per heavy atom. The summed E-state index contributed by atoms with van der Waals surface area (Å²) in [5.41, 5.74) is 11.2. The lowest BCUT2D eigenvalue weighted by Crippen LogP contribution is -2.48. The van der Waals surface area contributed by atoms with Crippen LogP contribution in [0.1, 0.15) is 10.4 Å². The number of nitrogens with zero attached hydrogens (tertiary/aromatic N) is 3. The van der Waals surface area contributed by atoms with Crippen molar-refractivity contribution in [2.75, 3.05) is 44.2 Å². The Bertz CT molecular complexity index is 407. The van der Waals surface area contributed by atoms with Crippen molar-refractivity contribution in [3.8, 4) is 0 Å². The number of rotatable bonds is 4. The fourth-order valence-corrected chi connectivity index (χ4v) is 2.10. The summed E-state index contributed by atoms with van der Waals surface area (Å²) < 4.78 is 0. The third-order valence-electron chi connectivity index (χ3n) is 3.17. The normalized spacial score (nSPS) is 15.2. The number of halogens is 2. The highest BCUT2D eigenvalue weighted by atomic mass is 35.5. The van der Waals surface area contributed by atoms with Gasteiger partial charge in [-0.15, -0.1) is 24.8 Å². The number of carbonyl (C=O) groups is 1. The highest BCUT2D eigenvalue weighted by Crippen LogP contribution is 2.13. The van der Waals surface area contributed by atoms with E-state index in [0.717, 1.165) is 38.5 Å². The first-order chi connectivity index (χ1) is 8.70. The first-order valence-electron chi connectivity index (χ1n) is 6.14. The van der Waals surface area contributed by atoms with Crippen molar-refractivity contribution < 1.29 is 4.79 Å². The summed E-state index contributed by atoms with van der Waals surface area (Å²) in [6.07, 6.45) is 1.53. The quantitative estimate of drug-likeness (QED) is 0.821. The van der Waals surface area contributed by atoms with E-state index in [-0.39, 0.29) is 24.8 Å². The predicted octanol–water partition coefficient (Wildman–Crippen LogP) is 0.105. The van der Waals surface area contributed by atoms with Crippen LogP contribution >= 0.6 is 24.8 Å². The topological polar surface area (TPSA) is 88.5 Å². The van der Waals surface area contributed by atoms with Gasteiger partial charge in [-0.05, 0) is 12.1 Å². The summed E-state index contributed by atoms with van der Waals surface area (Å²) in [6, 6.07) is 3.57. The molecule has 2 heterocycles. The third kappa shape index (κ3) is 4.79. The highest BCUT2D eigenvalue weighted by Gasteiger charge is 2.17. The number of nitrogens with two attached hydrogens (primary N) is 2. The molecule has 1 aromatic heterocycles. The summed E-state index contributed by atoms with van der Waals surface area (Å²) in [5, 5.41) is 0. The van der Waals surface area contributed by atoms with Crippen LogP contribution in [0.25, 0.3) is 0 Å². The lowest BCUT2D eigenvalue weighted by molar-refractivity contribution is 0.1000. The van der Waals surface area contributed by atoms with Gasteiger partial charge in [0.05, 0.1) is 5.56 Å². The van der Waals surface area contributed by atoms with Gasteiger partial charge in [0.1, 0.15) is 5.82 Å². The van der Waals surface area contributed by atoms with Gasteiger partial charge in [0, 0.05) is 45.5 Å². The monoisotopic (exact) mass is 321 g/mol. The average Bonchev–Trinajstić information content (AvgIpc) is 2.40. The van der Waals surface area contributed by atoms with Gasteiger partial charge in [0.25, 0.3) is 0 Å². The van der Waals surface area contributed by atoms with Crippen LogP contribution < -0.4 is 16.4 Å². The second-order valence-corrected chi connectivity index (χ2v) is 4.39. The van der Waals surface area contributed by atoms with Crippen LogP contribution in [0.2, 0.25) is 0 Å². The van der Waals surface area contributed by atoms with Gasteiger partial charge in [-0.2, -0.15) is 0 Å². The molecule has 2 rings (SSSR count). The van der Waals surface area contributed by atoms with Crippen molar-refractivity contribution in [1.29, 1.82) is 0 Å². The number of primary amides is 1. The smallest absolute Gasteiger partial charge is 0.250 e. The third-order valence-corrected chi connectivity index (χ3v) is 3.17. The first kappa shape index (κ1) is 18.9. The maximum atomic E-state index is 11.0. The van der Waals surface area contributed by atoms with Crippen molar-refractivity contribution >= 4 is 36.5 Å². The zero-order valence-corrected chi connectivity index (χ0v) is 12.8.